The largest absolute Gasteiger partial charge is 0.416 e. The normalized spacial score (nSPS) is 11.6. The lowest BCUT2D eigenvalue weighted by molar-refractivity contribution is -0.138. The molecule has 0 radical (unpaired) electrons. The van der Waals surface area contributed by atoms with Gasteiger partial charge in [0.25, 0.3) is 5.89 Å². The topological polar surface area (TPSA) is 73.8 Å². The highest BCUT2D eigenvalue weighted by Gasteiger charge is 2.34. The van der Waals surface area contributed by atoms with Crippen LogP contribution >= 0.6 is 0 Å². The molecule has 0 unspecified atom stereocenters. The average Bonchev–Trinajstić information content (AvgIpc) is 3.35. The molecule has 0 fully saturated rings. The van der Waals surface area contributed by atoms with Crippen LogP contribution in [0.1, 0.15) is 11.1 Å². The molecule has 2 aromatic carbocycles. The van der Waals surface area contributed by atoms with E-state index in [2.05, 4.69) is 15.2 Å². The molecule has 4 rings (SSSR count). The summed E-state index contributed by atoms with van der Waals surface area (Å²) in [5, 5.41) is 8.16. The van der Waals surface area contributed by atoms with Crippen LogP contribution < -0.4 is 0 Å². The predicted molar refractivity (Wildman–Crippen MR) is 102 cm³/mol. The summed E-state index contributed by atoms with van der Waals surface area (Å²) in [5.74, 6) is 0.0911. The number of rotatable bonds is 5. The third-order valence-electron chi connectivity index (χ3n) is 4.57. The highest BCUT2D eigenvalue weighted by molar-refractivity contribution is 5.67. The summed E-state index contributed by atoms with van der Waals surface area (Å²) in [7, 11) is 1.77. The number of aromatic nitrogens is 4. The first-order valence-corrected chi connectivity index (χ1v) is 8.94. The number of nitrogens with zero attached hydrogens (tertiary/aromatic N) is 4. The Morgan fingerprint density at radius 2 is 1.83 bits per heavy atom. The van der Waals surface area contributed by atoms with Crippen LogP contribution in [0.15, 0.2) is 59.1 Å². The Kier molecular flexibility index (Phi) is 4.94. The van der Waals surface area contributed by atoms with E-state index in [0.29, 0.717) is 12.0 Å². The summed E-state index contributed by atoms with van der Waals surface area (Å²) in [5.41, 5.74) is 1.29. The molecule has 0 bridgehead atoms. The van der Waals surface area contributed by atoms with E-state index in [1.54, 1.807) is 17.8 Å². The van der Waals surface area contributed by atoms with Crippen LogP contribution in [0.4, 0.5) is 13.2 Å². The van der Waals surface area contributed by atoms with E-state index in [-0.39, 0.29) is 29.3 Å². The van der Waals surface area contributed by atoms with Crippen molar-refractivity contribution < 1.29 is 22.5 Å². The minimum absolute atomic E-state index is 0.0000623. The predicted octanol–water partition coefficient (Wildman–Crippen LogP) is 4.56. The zero-order valence-electron chi connectivity index (χ0n) is 15.7. The van der Waals surface area contributed by atoms with E-state index in [9.17, 15) is 18.0 Å². The number of hydrogen-bond acceptors (Lipinski definition) is 5. The lowest BCUT2D eigenvalue weighted by Crippen LogP contribution is -2.10. The van der Waals surface area contributed by atoms with Crippen LogP contribution in [0.2, 0.25) is 0 Å². The van der Waals surface area contributed by atoms with Gasteiger partial charge in [0, 0.05) is 19.0 Å². The first-order valence-electron chi connectivity index (χ1n) is 8.94. The van der Waals surface area contributed by atoms with Crippen molar-refractivity contribution in [3.63, 3.8) is 0 Å². The van der Waals surface area contributed by atoms with Gasteiger partial charge in [0.15, 0.2) is 5.69 Å². The van der Waals surface area contributed by atoms with Gasteiger partial charge in [0.05, 0.1) is 11.3 Å². The Morgan fingerprint density at radius 1 is 1.07 bits per heavy atom. The zero-order valence-corrected chi connectivity index (χ0v) is 15.7. The second-order valence-corrected chi connectivity index (χ2v) is 6.57. The minimum Gasteiger partial charge on any atom is -0.332 e. The van der Waals surface area contributed by atoms with Crippen molar-refractivity contribution in [1.82, 2.24) is 19.9 Å². The van der Waals surface area contributed by atoms with Gasteiger partial charge in [0.2, 0.25) is 5.82 Å². The molecule has 30 heavy (non-hydrogen) atoms. The lowest BCUT2D eigenvalue weighted by atomic mass is 10.0. The highest BCUT2D eigenvalue weighted by atomic mass is 19.4. The van der Waals surface area contributed by atoms with E-state index in [1.165, 1.54) is 12.1 Å². The molecule has 0 saturated heterocycles. The Morgan fingerprint density at radius 3 is 2.53 bits per heavy atom. The Bertz CT molecular complexity index is 1200. The Labute approximate surface area is 169 Å². The second-order valence-electron chi connectivity index (χ2n) is 6.57. The Balaban J connectivity index is 1.69. The van der Waals surface area contributed by atoms with Gasteiger partial charge in [-0.15, -0.1) is 0 Å². The number of alkyl halides is 3. The van der Waals surface area contributed by atoms with E-state index in [0.717, 1.165) is 17.3 Å². The van der Waals surface area contributed by atoms with Crippen LogP contribution in [0.5, 0.6) is 0 Å². The smallest absolute Gasteiger partial charge is 0.332 e. The third-order valence-corrected chi connectivity index (χ3v) is 4.57. The molecule has 0 spiro atoms. The van der Waals surface area contributed by atoms with Crippen LogP contribution in [0, 0.1) is 0 Å². The number of aryl methyl sites for hydroxylation is 1. The van der Waals surface area contributed by atoms with Gasteiger partial charge < -0.3 is 9.32 Å². The third kappa shape index (κ3) is 3.73. The summed E-state index contributed by atoms with van der Waals surface area (Å²) in [4.78, 5) is 14.9. The first kappa shape index (κ1) is 19.6. The maximum absolute atomic E-state index is 13.4. The van der Waals surface area contributed by atoms with Crippen LogP contribution in [-0.4, -0.2) is 26.2 Å². The van der Waals surface area contributed by atoms with Crippen molar-refractivity contribution >= 4 is 6.29 Å². The second kappa shape index (κ2) is 7.58. The average molecular weight is 412 g/mol. The SMILES string of the molecule is Cn1nc(-c2nc(-c3ccc(CC=O)c(C(F)(F)F)c3)no2)cc1-c1ccccc1. The van der Waals surface area contributed by atoms with E-state index in [1.807, 2.05) is 30.3 Å². The number of carbonyl (C=O) groups is 1. The summed E-state index contributed by atoms with van der Waals surface area (Å²) in [6, 6.07) is 14.9. The van der Waals surface area contributed by atoms with Gasteiger partial charge in [-0.3, -0.25) is 4.68 Å². The van der Waals surface area contributed by atoms with Crippen LogP contribution in [0.3, 0.4) is 0 Å². The lowest BCUT2D eigenvalue weighted by Gasteiger charge is -2.12. The fourth-order valence-corrected chi connectivity index (χ4v) is 3.14. The van der Waals surface area contributed by atoms with Crippen LogP contribution in [-0.2, 0) is 24.4 Å². The molecular formula is C21H15F3N4O2. The molecular weight excluding hydrogens is 397 g/mol. The molecule has 152 valence electrons. The minimum atomic E-state index is -4.60. The fraction of sp³-hybridized carbons (Fsp3) is 0.143. The maximum Gasteiger partial charge on any atom is 0.416 e. The van der Waals surface area contributed by atoms with Crippen molar-refractivity contribution in [2.45, 2.75) is 12.6 Å². The summed E-state index contributed by atoms with van der Waals surface area (Å²) in [6.07, 6.45) is -4.50. The van der Waals surface area contributed by atoms with Gasteiger partial charge in [0.1, 0.15) is 6.29 Å². The van der Waals surface area contributed by atoms with Crippen LogP contribution in [0.25, 0.3) is 34.2 Å². The standard InChI is InChI=1S/C21H15F3N4O2/c1-28-18(14-5-3-2-4-6-14)12-17(26-28)20-25-19(27-30-20)15-8-7-13(9-10-29)16(11-15)21(22,23)24/h2-8,10-12H,9H2,1H3. The van der Waals surface area contributed by atoms with Crippen molar-refractivity contribution in [3.8, 4) is 34.2 Å². The number of hydrogen-bond donors (Lipinski definition) is 0. The van der Waals surface area contributed by atoms with Crippen molar-refractivity contribution in [2.24, 2.45) is 7.05 Å². The number of carbonyl (C=O) groups excluding carboxylic acids is 1. The number of halogens is 3. The monoisotopic (exact) mass is 412 g/mol. The van der Waals surface area contributed by atoms with Gasteiger partial charge in [-0.05, 0) is 23.3 Å². The molecule has 0 aliphatic rings. The molecule has 0 N–H and O–H groups in total. The van der Waals surface area contributed by atoms with Crippen molar-refractivity contribution in [3.05, 3.63) is 65.7 Å². The maximum atomic E-state index is 13.4. The molecule has 9 heteroatoms. The summed E-state index contributed by atoms with van der Waals surface area (Å²) in [6.45, 7) is 0. The molecule has 0 aliphatic heterocycles. The van der Waals surface area contributed by atoms with Gasteiger partial charge >= 0.3 is 6.18 Å². The van der Waals surface area contributed by atoms with E-state index < -0.39 is 11.7 Å². The van der Waals surface area contributed by atoms with Gasteiger partial charge in [-0.25, -0.2) is 0 Å². The first-order chi connectivity index (χ1) is 14.4. The summed E-state index contributed by atoms with van der Waals surface area (Å²) < 4.78 is 47.0. The van der Waals surface area contributed by atoms with E-state index >= 15 is 0 Å². The Hall–Kier alpha value is -3.75. The molecule has 0 atom stereocenters. The molecule has 0 amide bonds. The zero-order chi connectivity index (χ0) is 21.3. The summed E-state index contributed by atoms with van der Waals surface area (Å²) >= 11 is 0. The molecule has 0 aliphatic carbocycles. The van der Waals surface area contributed by atoms with Gasteiger partial charge in [-0.2, -0.15) is 23.3 Å². The quantitative estimate of drug-likeness (QED) is 0.449. The molecule has 0 saturated carbocycles. The highest BCUT2D eigenvalue weighted by Crippen LogP contribution is 2.35. The molecule has 2 aromatic heterocycles. The van der Waals surface area contributed by atoms with Gasteiger partial charge in [-0.1, -0.05) is 47.6 Å². The molecule has 4 aromatic rings. The number of benzene rings is 2. The van der Waals surface area contributed by atoms with Crippen molar-refractivity contribution in [1.29, 1.82) is 0 Å². The van der Waals surface area contributed by atoms with Crippen molar-refractivity contribution in [2.75, 3.05) is 0 Å². The molecule has 2 heterocycles. The van der Waals surface area contributed by atoms with E-state index in [4.69, 9.17) is 4.52 Å². The molecule has 6 nitrogen and oxygen atoms in total. The number of aldehydes is 1. The fourth-order valence-electron chi connectivity index (χ4n) is 3.14.